The molecule has 1 spiro atoms. The van der Waals surface area contributed by atoms with Gasteiger partial charge in [0.05, 0.1) is 29.3 Å². The number of aliphatic carboxylic acids is 1. The van der Waals surface area contributed by atoms with E-state index >= 15 is 0 Å². The van der Waals surface area contributed by atoms with Crippen LogP contribution in [0.2, 0.25) is 5.02 Å². The zero-order valence-electron chi connectivity index (χ0n) is 16.0. The van der Waals surface area contributed by atoms with Gasteiger partial charge in [0.2, 0.25) is 0 Å². The minimum Gasteiger partial charge on any atom is -0.478 e. The zero-order valence-corrected chi connectivity index (χ0v) is 17.6. The number of rotatable bonds is 6. The summed E-state index contributed by atoms with van der Waals surface area (Å²) in [4.78, 5) is 11.9. The van der Waals surface area contributed by atoms with Gasteiger partial charge in [0, 0.05) is 11.4 Å². The lowest BCUT2D eigenvalue weighted by Gasteiger charge is -2.34. The molecule has 0 bridgehead atoms. The summed E-state index contributed by atoms with van der Waals surface area (Å²) in [6.45, 7) is 0.459. The molecule has 0 radical (unpaired) electrons. The Labute approximate surface area is 177 Å². The molecule has 11 heteroatoms. The molecule has 3 rings (SSSR count). The molecular formula is C19H22ClFO8S. The summed E-state index contributed by atoms with van der Waals surface area (Å²) in [7, 11) is -4.09. The fourth-order valence-corrected chi connectivity index (χ4v) is 6.29. The van der Waals surface area contributed by atoms with E-state index < -0.39 is 68.9 Å². The van der Waals surface area contributed by atoms with Crippen molar-refractivity contribution in [2.24, 2.45) is 0 Å². The number of aliphatic hydroxyl groups is 2. The normalized spacial score (nSPS) is 27.1. The maximum Gasteiger partial charge on any atom is 0.332 e. The maximum absolute atomic E-state index is 13.3. The highest BCUT2D eigenvalue weighted by atomic mass is 35.5. The lowest BCUT2D eigenvalue weighted by atomic mass is 9.94. The summed E-state index contributed by atoms with van der Waals surface area (Å²) in [5.74, 6) is -3.62. The van der Waals surface area contributed by atoms with Crippen LogP contribution < -0.4 is 0 Å². The van der Waals surface area contributed by atoms with Crippen molar-refractivity contribution < 1.29 is 42.4 Å². The van der Waals surface area contributed by atoms with Crippen molar-refractivity contribution in [2.45, 2.75) is 48.3 Å². The van der Waals surface area contributed by atoms with Crippen molar-refractivity contribution in [3.63, 3.8) is 0 Å². The summed E-state index contributed by atoms with van der Waals surface area (Å²) < 4.78 is 51.1. The molecule has 1 fully saturated rings. The highest BCUT2D eigenvalue weighted by molar-refractivity contribution is 7.92. The van der Waals surface area contributed by atoms with Crippen molar-refractivity contribution in [3.05, 3.63) is 46.3 Å². The standard InChI is InChI=1S/C19H22ClFO8S/c1-10(12-3-2-11(21)6-14(12)20)30(26,27)17-4-5-19(7-13(17)18(24)25)28-15(8-22)16(9-23)29-19/h2-3,6-7,10,15-17,22-23H,4-5,8-9H2,1H3,(H,24,25)/t10?,15-,16-,17?/m1/s1. The van der Waals surface area contributed by atoms with Crippen LogP contribution in [0.4, 0.5) is 4.39 Å². The van der Waals surface area contributed by atoms with Crippen molar-refractivity contribution in [2.75, 3.05) is 13.2 Å². The number of benzene rings is 1. The SMILES string of the molecule is CC(c1ccc(F)cc1Cl)S(=O)(=O)C1CCC2(C=C1C(=O)O)O[C@H](CO)[C@@H](CO)O2. The Morgan fingerprint density at radius 2 is 1.90 bits per heavy atom. The summed E-state index contributed by atoms with van der Waals surface area (Å²) >= 11 is 6.01. The number of carboxylic acid groups (broad SMARTS) is 1. The Bertz CT molecular complexity index is 951. The first-order valence-electron chi connectivity index (χ1n) is 9.25. The summed E-state index contributed by atoms with van der Waals surface area (Å²) in [5, 5.41) is 25.8. The number of halogens is 2. The molecule has 0 aromatic heterocycles. The third-order valence-electron chi connectivity index (χ3n) is 5.49. The predicted molar refractivity (Wildman–Crippen MR) is 104 cm³/mol. The summed E-state index contributed by atoms with van der Waals surface area (Å²) in [6, 6.07) is 3.34. The Morgan fingerprint density at radius 1 is 1.30 bits per heavy atom. The second-order valence-corrected chi connectivity index (χ2v) is 10.2. The topological polar surface area (TPSA) is 130 Å². The van der Waals surface area contributed by atoms with Gasteiger partial charge in [-0.15, -0.1) is 0 Å². The fourth-order valence-electron chi connectivity index (χ4n) is 3.87. The molecule has 30 heavy (non-hydrogen) atoms. The van der Waals surface area contributed by atoms with E-state index in [4.69, 9.17) is 21.1 Å². The second-order valence-electron chi connectivity index (χ2n) is 7.32. The first-order valence-corrected chi connectivity index (χ1v) is 11.2. The highest BCUT2D eigenvalue weighted by Crippen LogP contribution is 2.43. The zero-order chi connectivity index (χ0) is 22.3. The van der Waals surface area contributed by atoms with Crippen LogP contribution in [0.25, 0.3) is 0 Å². The van der Waals surface area contributed by atoms with E-state index in [2.05, 4.69) is 0 Å². The number of ether oxygens (including phenoxy) is 2. The van der Waals surface area contributed by atoms with Gasteiger partial charge >= 0.3 is 5.97 Å². The van der Waals surface area contributed by atoms with Crippen LogP contribution in [0.15, 0.2) is 29.8 Å². The molecule has 1 aromatic rings. The Hall–Kier alpha value is -1.56. The van der Waals surface area contributed by atoms with Crippen molar-refractivity contribution >= 4 is 27.4 Å². The van der Waals surface area contributed by atoms with Gasteiger partial charge < -0.3 is 24.8 Å². The molecule has 166 valence electrons. The van der Waals surface area contributed by atoms with Crippen LogP contribution in [0, 0.1) is 5.82 Å². The van der Waals surface area contributed by atoms with E-state index in [9.17, 15) is 32.9 Å². The lowest BCUT2D eigenvalue weighted by molar-refractivity contribution is -0.153. The third-order valence-corrected chi connectivity index (χ3v) is 8.34. The molecular weight excluding hydrogens is 443 g/mol. The molecule has 4 atom stereocenters. The Kier molecular flexibility index (Phi) is 6.57. The maximum atomic E-state index is 13.3. The smallest absolute Gasteiger partial charge is 0.332 e. The lowest BCUT2D eigenvalue weighted by Crippen LogP contribution is -2.41. The number of sulfone groups is 1. The fraction of sp³-hybridized carbons (Fsp3) is 0.526. The van der Waals surface area contributed by atoms with E-state index in [1.54, 1.807) is 0 Å². The van der Waals surface area contributed by atoms with Gasteiger partial charge in [0.25, 0.3) is 0 Å². The molecule has 1 heterocycles. The predicted octanol–water partition coefficient (Wildman–Crippen LogP) is 1.59. The monoisotopic (exact) mass is 464 g/mol. The van der Waals surface area contributed by atoms with Gasteiger partial charge in [-0.3, -0.25) is 0 Å². The van der Waals surface area contributed by atoms with Crippen LogP contribution in [0.5, 0.6) is 0 Å². The second kappa shape index (κ2) is 8.52. The van der Waals surface area contributed by atoms with Crippen LogP contribution in [-0.2, 0) is 24.1 Å². The van der Waals surface area contributed by atoms with Crippen molar-refractivity contribution in [3.8, 4) is 0 Å². The molecule has 2 aliphatic rings. The minimum absolute atomic E-state index is 0.00451. The van der Waals surface area contributed by atoms with E-state index in [1.165, 1.54) is 13.0 Å². The molecule has 3 N–H and O–H groups in total. The number of hydrogen-bond donors (Lipinski definition) is 3. The molecule has 1 aliphatic carbocycles. The average molecular weight is 465 g/mol. The van der Waals surface area contributed by atoms with Gasteiger partial charge in [-0.2, -0.15) is 0 Å². The number of carbonyl (C=O) groups is 1. The average Bonchev–Trinajstić information content (AvgIpc) is 3.04. The molecule has 8 nitrogen and oxygen atoms in total. The van der Waals surface area contributed by atoms with Gasteiger partial charge in [-0.1, -0.05) is 17.7 Å². The highest BCUT2D eigenvalue weighted by Gasteiger charge is 2.51. The van der Waals surface area contributed by atoms with Gasteiger partial charge in [0.15, 0.2) is 15.6 Å². The Morgan fingerprint density at radius 3 is 2.40 bits per heavy atom. The van der Waals surface area contributed by atoms with Crippen LogP contribution in [0.3, 0.4) is 0 Å². The largest absolute Gasteiger partial charge is 0.478 e. The number of carboxylic acids is 1. The van der Waals surface area contributed by atoms with Crippen molar-refractivity contribution in [1.29, 1.82) is 0 Å². The first-order chi connectivity index (χ1) is 14.0. The quantitative estimate of drug-likeness (QED) is 0.578. The molecule has 2 unspecified atom stereocenters. The van der Waals surface area contributed by atoms with E-state index in [0.29, 0.717) is 0 Å². The van der Waals surface area contributed by atoms with E-state index in [-0.39, 0.29) is 23.4 Å². The van der Waals surface area contributed by atoms with E-state index in [1.807, 2.05) is 0 Å². The Balaban J connectivity index is 1.97. The van der Waals surface area contributed by atoms with Gasteiger partial charge in [-0.25, -0.2) is 17.6 Å². The number of aliphatic hydroxyl groups excluding tert-OH is 2. The van der Waals surface area contributed by atoms with E-state index in [0.717, 1.165) is 18.2 Å². The molecule has 0 amide bonds. The minimum atomic E-state index is -4.09. The van der Waals surface area contributed by atoms with Crippen molar-refractivity contribution in [1.82, 2.24) is 0 Å². The molecule has 1 saturated heterocycles. The van der Waals surface area contributed by atoms with Crippen LogP contribution in [0.1, 0.15) is 30.6 Å². The van der Waals surface area contributed by atoms with Gasteiger partial charge in [-0.05, 0) is 37.1 Å². The third kappa shape index (κ3) is 4.12. The number of hydrogen-bond acceptors (Lipinski definition) is 7. The molecule has 0 saturated carbocycles. The first kappa shape index (κ1) is 23.1. The van der Waals surface area contributed by atoms with Crippen LogP contribution >= 0.6 is 11.6 Å². The van der Waals surface area contributed by atoms with Gasteiger partial charge in [0.1, 0.15) is 18.0 Å². The summed E-state index contributed by atoms with van der Waals surface area (Å²) in [6.07, 6.45) is -0.763. The molecule has 1 aliphatic heterocycles. The summed E-state index contributed by atoms with van der Waals surface area (Å²) in [5.41, 5.74) is -0.265. The molecule has 1 aromatic carbocycles. The van der Waals surface area contributed by atoms with Crippen LogP contribution in [-0.4, -0.2) is 66.2 Å².